The molecule has 1 aromatic carbocycles. The van der Waals surface area contributed by atoms with Gasteiger partial charge in [-0.05, 0) is 30.6 Å². The fourth-order valence-electron chi connectivity index (χ4n) is 1.78. The number of aromatic nitrogens is 2. The zero-order chi connectivity index (χ0) is 16.1. The van der Waals surface area contributed by atoms with Crippen molar-refractivity contribution in [3.63, 3.8) is 0 Å². The van der Waals surface area contributed by atoms with Gasteiger partial charge in [0, 0.05) is 16.5 Å². The van der Waals surface area contributed by atoms with Gasteiger partial charge in [-0.1, -0.05) is 24.0 Å². The largest absolute Gasteiger partial charge is 0.391 e. The first kappa shape index (κ1) is 18.7. The molecular formula is C14H18N4O4S. The SMILES string of the molecule is C.C[C@@H](O)[C@H](NC(=O)c1ccc(-c2csnn2)cc1)C(=O)NO. The van der Waals surface area contributed by atoms with E-state index < -0.39 is 24.0 Å². The van der Waals surface area contributed by atoms with Gasteiger partial charge in [-0.3, -0.25) is 14.8 Å². The van der Waals surface area contributed by atoms with E-state index in [4.69, 9.17) is 5.21 Å². The van der Waals surface area contributed by atoms with E-state index in [1.807, 2.05) is 0 Å². The maximum absolute atomic E-state index is 12.1. The number of benzene rings is 1. The van der Waals surface area contributed by atoms with Gasteiger partial charge < -0.3 is 10.4 Å². The molecule has 2 amide bonds. The Balaban J connectivity index is 0.00000264. The second kappa shape index (κ2) is 8.32. The Morgan fingerprint density at radius 3 is 2.39 bits per heavy atom. The van der Waals surface area contributed by atoms with Crippen molar-refractivity contribution in [3.05, 3.63) is 35.2 Å². The van der Waals surface area contributed by atoms with Crippen LogP contribution < -0.4 is 10.8 Å². The molecule has 0 aliphatic carbocycles. The predicted octanol–water partition coefficient (Wildman–Crippen LogP) is 0.826. The Morgan fingerprint density at radius 1 is 1.26 bits per heavy atom. The normalized spacial score (nSPS) is 12.7. The van der Waals surface area contributed by atoms with E-state index in [9.17, 15) is 14.7 Å². The highest BCUT2D eigenvalue weighted by Crippen LogP contribution is 2.18. The van der Waals surface area contributed by atoms with Crippen molar-refractivity contribution >= 4 is 23.3 Å². The van der Waals surface area contributed by atoms with Gasteiger partial charge in [-0.2, -0.15) is 0 Å². The van der Waals surface area contributed by atoms with E-state index in [0.29, 0.717) is 11.3 Å². The van der Waals surface area contributed by atoms with Crippen LogP contribution in [-0.4, -0.2) is 43.9 Å². The molecule has 0 spiro atoms. The highest BCUT2D eigenvalue weighted by atomic mass is 32.1. The quantitative estimate of drug-likeness (QED) is 0.473. The lowest BCUT2D eigenvalue weighted by Gasteiger charge is -2.19. The molecule has 0 bridgehead atoms. The Morgan fingerprint density at radius 2 is 1.91 bits per heavy atom. The van der Waals surface area contributed by atoms with Crippen LogP contribution in [0.15, 0.2) is 29.6 Å². The van der Waals surface area contributed by atoms with Gasteiger partial charge in [0.2, 0.25) is 0 Å². The average Bonchev–Trinajstić information content (AvgIpc) is 3.06. The van der Waals surface area contributed by atoms with E-state index in [2.05, 4.69) is 14.9 Å². The molecule has 2 rings (SSSR count). The lowest BCUT2D eigenvalue weighted by atomic mass is 10.1. The monoisotopic (exact) mass is 338 g/mol. The summed E-state index contributed by atoms with van der Waals surface area (Å²) in [6.07, 6.45) is -1.16. The first-order valence-electron chi connectivity index (χ1n) is 6.33. The molecule has 4 N–H and O–H groups in total. The van der Waals surface area contributed by atoms with Crippen LogP contribution in [0, 0.1) is 0 Å². The van der Waals surface area contributed by atoms with Crippen molar-refractivity contribution in [1.29, 1.82) is 0 Å². The number of carbonyl (C=O) groups excluding carboxylic acids is 2. The molecule has 8 nitrogen and oxygen atoms in total. The van der Waals surface area contributed by atoms with Gasteiger partial charge in [0.1, 0.15) is 11.7 Å². The first-order chi connectivity index (χ1) is 10.5. The van der Waals surface area contributed by atoms with E-state index in [1.165, 1.54) is 23.9 Å². The zero-order valence-electron chi connectivity index (χ0n) is 11.6. The summed E-state index contributed by atoms with van der Waals surface area (Å²) in [5.74, 6) is -1.44. The standard InChI is InChI=1S/C13H14N4O4S.CH4/c1-7(18)11(13(20)16-21)14-12(19)9-4-2-8(3-5-9)10-6-22-17-15-10;/h2-7,11,18,21H,1H3,(H,14,19)(H,16,20);1H4/t7-,11+;/m1./s1. The molecule has 1 heterocycles. The molecule has 0 aliphatic rings. The number of aliphatic hydroxyl groups excluding tert-OH is 1. The minimum absolute atomic E-state index is 0. The Kier molecular flexibility index (Phi) is 6.76. The lowest BCUT2D eigenvalue weighted by Crippen LogP contribution is -2.51. The van der Waals surface area contributed by atoms with Gasteiger partial charge in [-0.25, -0.2) is 5.48 Å². The Labute approximate surface area is 137 Å². The van der Waals surface area contributed by atoms with Crippen molar-refractivity contribution in [2.24, 2.45) is 0 Å². The Bertz CT molecular complexity index is 643. The fraction of sp³-hybridized carbons (Fsp3) is 0.286. The predicted molar refractivity (Wildman–Crippen MR) is 84.9 cm³/mol. The number of hydroxylamine groups is 1. The van der Waals surface area contributed by atoms with Crippen LogP contribution in [0.5, 0.6) is 0 Å². The maximum atomic E-state index is 12.1. The summed E-state index contributed by atoms with van der Waals surface area (Å²) < 4.78 is 3.76. The van der Waals surface area contributed by atoms with Crippen molar-refractivity contribution in [2.45, 2.75) is 26.5 Å². The third-order valence-electron chi connectivity index (χ3n) is 2.96. The molecule has 0 aliphatic heterocycles. The van der Waals surface area contributed by atoms with Crippen LogP contribution in [0.4, 0.5) is 0 Å². The number of amides is 2. The second-order valence-corrected chi connectivity index (χ2v) is 5.15. The van der Waals surface area contributed by atoms with Crippen molar-refractivity contribution in [3.8, 4) is 11.3 Å². The number of aliphatic hydroxyl groups is 1. The molecule has 0 saturated heterocycles. The number of carbonyl (C=O) groups is 2. The van der Waals surface area contributed by atoms with Gasteiger partial charge in [0.15, 0.2) is 0 Å². The van der Waals surface area contributed by atoms with Crippen LogP contribution in [0.25, 0.3) is 11.3 Å². The number of nitrogens with one attached hydrogen (secondary N) is 2. The molecular weight excluding hydrogens is 320 g/mol. The Hall–Kier alpha value is -2.36. The average molecular weight is 338 g/mol. The number of hydrogen-bond donors (Lipinski definition) is 4. The third-order valence-corrected chi connectivity index (χ3v) is 3.47. The summed E-state index contributed by atoms with van der Waals surface area (Å²) in [6.45, 7) is 1.33. The van der Waals surface area contributed by atoms with Crippen molar-refractivity contribution in [1.82, 2.24) is 20.4 Å². The summed E-state index contributed by atoms with van der Waals surface area (Å²) in [5.41, 5.74) is 3.23. The van der Waals surface area contributed by atoms with Gasteiger partial charge in [0.05, 0.1) is 6.10 Å². The molecule has 0 fully saturated rings. The highest BCUT2D eigenvalue weighted by Gasteiger charge is 2.25. The molecule has 2 atom stereocenters. The van der Waals surface area contributed by atoms with Crippen LogP contribution in [0.3, 0.4) is 0 Å². The molecule has 0 unspecified atom stereocenters. The highest BCUT2D eigenvalue weighted by molar-refractivity contribution is 7.03. The maximum Gasteiger partial charge on any atom is 0.268 e. The molecule has 9 heteroatoms. The number of rotatable bonds is 5. The van der Waals surface area contributed by atoms with Crippen LogP contribution in [0.1, 0.15) is 24.7 Å². The molecule has 0 radical (unpaired) electrons. The molecule has 23 heavy (non-hydrogen) atoms. The molecule has 2 aromatic rings. The third kappa shape index (κ3) is 4.55. The number of hydrogen-bond acceptors (Lipinski definition) is 7. The van der Waals surface area contributed by atoms with E-state index in [0.717, 1.165) is 5.56 Å². The summed E-state index contributed by atoms with van der Waals surface area (Å²) in [6, 6.07) is 5.30. The van der Waals surface area contributed by atoms with Crippen LogP contribution in [-0.2, 0) is 4.79 Å². The summed E-state index contributed by atoms with van der Waals surface area (Å²) in [5, 5.41) is 26.1. The smallest absolute Gasteiger partial charge is 0.268 e. The summed E-state index contributed by atoms with van der Waals surface area (Å²) in [7, 11) is 0. The van der Waals surface area contributed by atoms with E-state index >= 15 is 0 Å². The number of nitrogens with zero attached hydrogens (tertiary/aromatic N) is 2. The van der Waals surface area contributed by atoms with E-state index in [1.54, 1.807) is 29.6 Å². The second-order valence-electron chi connectivity index (χ2n) is 4.54. The summed E-state index contributed by atoms with van der Waals surface area (Å²) >= 11 is 1.23. The van der Waals surface area contributed by atoms with E-state index in [-0.39, 0.29) is 7.43 Å². The summed E-state index contributed by atoms with van der Waals surface area (Å²) in [4.78, 5) is 23.4. The van der Waals surface area contributed by atoms with Crippen LogP contribution >= 0.6 is 11.5 Å². The lowest BCUT2D eigenvalue weighted by molar-refractivity contribution is -0.133. The van der Waals surface area contributed by atoms with Gasteiger partial charge >= 0.3 is 0 Å². The first-order valence-corrected chi connectivity index (χ1v) is 7.17. The zero-order valence-corrected chi connectivity index (χ0v) is 12.4. The van der Waals surface area contributed by atoms with Crippen molar-refractivity contribution < 1.29 is 19.9 Å². The molecule has 0 saturated carbocycles. The molecule has 124 valence electrons. The molecule has 1 aromatic heterocycles. The van der Waals surface area contributed by atoms with Gasteiger partial charge in [-0.15, -0.1) is 5.10 Å². The van der Waals surface area contributed by atoms with Crippen LogP contribution in [0.2, 0.25) is 0 Å². The van der Waals surface area contributed by atoms with Gasteiger partial charge in [0.25, 0.3) is 11.8 Å². The topological polar surface area (TPSA) is 124 Å². The van der Waals surface area contributed by atoms with Crippen molar-refractivity contribution in [2.75, 3.05) is 0 Å². The fourth-order valence-corrected chi connectivity index (χ4v) is 2.25. The minimum atomic E-state index is -1.25. The minimum Gasteiger partial charge on any atom is -0.391 e.